The van der Waals surface area contributed by atoms with Crippen molar-refractivity contribution in [1.29, 1.82) is 0 Å². The first-order chi connectivity index (χ1) is 9.97. The van der Waals surface area contributed by atoms with Crippen LogP contribution in [0.5, 0.6) is 0 Å². The van der Waals surface area contributed by atoms with Gasteiger partial charge >= 0.3 is 0 Å². The van der Waals surface area contributed by atoms with Crippen LogP contribution in [0.4, 0.5) is 0 Å². The molecule has 1 saturated heterocycles. The van der Waals surface area contributed by atoms with Gasteiger partial charge in [0, 0.05) is 13.1 Å². The second-order valence-electron chi connectivity index (χ2n) is 9.08. The van der Waals surface area contributed by atoms with Gasteiger partial charge in [-0.15, -0.1) is 0 Å². The van der Waals surface area contributed by atoms with Crippen molar-refractivity contribution in [2.24, 2.45) is 17.3 Å². The minimum Gasteiger partial charge on any atom is -0.369 e. The standard InChI is InChI=1S/C19H35NO/c1-18(2,3)16-8-10-19(11-9-16)14-20-13-17(21-19)12-15-6-4-5-7-15/h15-17,20H,4-14H2,1-3H3. The van der Waals surface area contributed by atoms with E-state index in [1.807, 2.05) is 0 Å². The highest BCUT2D eigenvalue weighted by atomic mass is 16.5. The number of rotatable bonds is 2. The van der Waals surface area contributed by atoms with E-state index in [1.165, 1.54) is 57.8 Å². The molecule has 1 aliphatic heterocycles. The van der Waals surface area contributed by atoms with E-state index in [0.29, 0.717) is 11.5 Å². The summed E-state index contributed by atoms with van der Waals surface area (Å²) < 4.78 is 6.68. The highest BCUT2D eigenvalue weighted by molar-refractivity contribution is 4.95. The lowest BCUT2D eigenvalue weighted by Crippen LogP contribution is -2.56. The highest BCUT2D eigenvalue weighted by Crippen LogP contribution is 2.44. The van der Waals surface area contributed by atoms with E-state index in [2.05, 4.69) is 26.1 Å². The van der Waals surface area contributed by atoms with Gasteiger partial charge in [0.2, 0.25) is 0 Å². The minimum absolute atomic E-state index is 0.170. The monoisotopic (exact) mass is 293 g/mol. The smallest absolute Gasteiger partial charge is 0.0810 e. The Hall–Kier alpha value is -0.0800. The van der Waals surface area contributed by atoms with Gasteiger partial charge in [-0.05, 0) is 49.4 Å². The summed E-state index contributed by atoms with van der Waals surface area (Å²) in [7, 11) is 0. The predicted octanol–water partition coefficient (Wildman–Crippen LogP) is 4.53. The van der Waals surface area contributed by atoms with Gasteiger partial charge in [-0.1, -0.05) is 46.5 Å². The van der Waals surface area contributed by atoms with Gasteiger partial charge < -0.3 is 10.1 Å². The molecule has 122 valence electrons. The van der Waals surface area contributed by atoms with Crippen molar-refractivity contribution in [1.82, 2.24) is 5.32 Å². The molecule has 1 heterocycles. The van der Waals surface area contributed by atoms with Crippen molar-refractivity contribution < 1.29 is 4.74 Å². The maximum Gasteiger partial charge on any atom is 0.0810 e. The van der Waals surface area contributed by atoms with Gasteiger partial charge in [0.15, 0.2) is 0 Å². The molecule has 1 atom stereocenters. The Labute approximate surface area is 131 Å². The van der Waals surface area contributed by atoms with Crippen molar-refractivity contribution in [3.63, 3.8) is 0 Å². The van der Waals surface area contributed by atoms with E-state index in [0.717, 1.165) is 24.9 Å². The molecule has 0 aromatic carbocycles. The molecular formula is C19H35NO. The van der Waals surface area contributed by atoms with E-state index < -0.39 is 0 Å². The lowest BCUT2D eigenvalue weighted by atomic mass is 9.68. The average Bonchev–Trinajstić information content (AvgIpc) is 2.91. The molecule has 1 N–H and O–H groups in total. The third-order valence-electron chi connectivity index (χ3n) is 6.43. The molecule has 0 aromatic rings. The Kier molecular flexibility index (Phi) is 4.66. The van der Waals surface area contributed by atoms with E-state index in [1.54, 1.807) is 0 Å². The molecule has 0 aromatic heterocycles. The molecule has 0 amide bonds. The summed E-state index contributed by atoms with van der Waals surface area (Å²) >= 11 is 0. The number of hydrogen-bond acceptors (Lipinski definition) is 2. The summed E-state index contributed by atoms with van der Waals surface area (Å²) in [5.41, 5.74) is 0.635. The van der Waals surface area contributed by atoms with Crippen LogP contribution in [0.15, 0.2) is 0 Å². The summed E-state index contributed by atoms with van der Waals surface area (Å²) in [6.07, 6.45) is 12.8. The normalized spacial score (nSPS) is 39.0. The summed E-state index contributed by atoms with van der Waals surface area (Å²) in [6.45, 7) is 9.38. The van der Waals surface area contributed by atoms with Crippen LogP contribution in [0.25, 0.3) is 0 Å². The fraction of sp³-hybridized carbons (Fsp3) is 1.00. The van der Waals surface area contributed by atoms with E-state index in [9.17, 15) is 0 Å². The molecule has 0 bridgehead atoms. The number of nitrogens with one attached hydrogen (secondary N) is 1. The van der Waals surface area contributed by atoms with Gasteiger partial charge in [0.05, 0.1) is 11.7 Å². The minimum atomic E-state index is 0.170. The fourth-order valence-corrected chi connectivity index (χ4v) is 4.95. The number of ether oxygens (including phenoxy) is 1. The third-order valence-corrected chi connectivity index (χ3v) is 6.43. The zero-order valence-corrected chi connectivity index (χ0v) is 14.4. The number of morpholine rings is 1. The van der Waals surface area contributed by atoms with Crippen LogP contribution < -0.4 is 5.32 Å². The third kappa shape index (κ3) is 3.82. The van der Waals surface area contributed by atoms with Crippen LogP contribution in [0.1, 0.15) is 78.6 Å². The fourth-order valence-electron chi connectivity index (χ4n) is 4.95. The summed E-state index contributed by atoms with van der Waals surface area (Å²) in [4.78, 5) is 0. The van der Waals surface area contributed by atoms with Crippen molar-refractivity contribution >= 4 is 0 Å². The Bertz CT molecular complexity index is 332. The lowest BCUT2D eigenvalue weighted by molar-refractivity contribution is -0.148. The van der Waals surface area contributed by atoms with Crippen LogP contribution in [0.2, 0.25) is 0 Å². The predicted molar refractivity (Wildman–Crippen MR) is 88.5 cm³/mol. The van der Waals surface area contributed by atoms with Crippen LogP contribution in [0.3, 0.4) is 0 Å². The van der Waals surface area contributed by atoms with Gasteiger partial charge in [-0.2, -0.15) is 0 Å². The van der Waals surface area contributed by atoms with Crippen LogP contribution in [0, 0.1) is 17.3 Å². The molecule has 1 unspecified atom stereocenters. The second-order valence-corrected chi connectivity index (χ2v) is 9.08. The molecule has 3 fully saturated rings. The first-order valence-electron chi connectivity index (χ1n) is 9.35. The van der Waals surface area contributed by atoms with Crippen LogP contribution >= 0.6 is 0 Å². The zero-order chi connectivity index (χ0) is 14.9. The SMILES string of the molecule is CC(C)(C)C1CCC2(CC1)CNCC(CC1CCCC1)O2. The lowest BCUT2D eigenvalue weighted by Gasteiger charge is -2.48. The second kappa shape index (κ2) is 6.20. The van der Waals surface area contributed by atoms with Crippen molar-refractivity contribution in [3.05, 3.63) is 0 Å². The molecule has 0 radical (unpaired) electrons. The topological polar surface area (TPSA) is 21.3 Å². The highest BCUT2D eigenvalue weighted by Gasteiger charge is 2.43. The maximum atomic E-state index is 6.68. The van der Waals surface area contributed by atoms with Gasteiger partial charge in [0.1, 0.15) is 0 Å². The Morgan fingerprint density at radius 3 is 2.33 bits per heavy atom. The molecule has 21 heavy (non-hydrogen) atoms. The Morgan fingerprint density at radius 1 is 1.05 bits per heavy atom. The van der Waals surface area contributed by atoms with Gasteiger partial charge in [0.25, 0.3) is 0 Å². The average molecular weight is 293 g/mol. The molecule has 1 spiro atoms. The zero-order valence-electron chi connectivity index (χ0n) is 14.4. The first kappa shape index (κ1) is 15.8. The summed E-state index contributed by atoms with van der Waals surface area (Å²) in [5.74, 6) is 1.82. The molecule has 2 heteroatoms. The van der Waals surface area contributed by atoms with Crippen molar-refractivity contribution in [2.45, 2.75) is 90.3 Å². The molecular weight excluding hydrogens is 258 g/mol. The van der Waals surface area contributed by atoms with E-state index in [4.69, 9.17) is 4.74 Å². The molecule has 2 aliphatic carbocycles. The van der Waals surface area contributed by atoms with Crippen LogP contribution in [-0.2, 0) is 4.74 Å². The van der Waals surface area contributed by atoms with Gasteiger partial charge in [-0.3, -0.25) is 0 Å². The first-order valence-corrected chi connectivity index (χ1v) is 9.35. The Balaban J connectivity index is 1.53. The molecule has 2 nitrogen and oxygen atoms in total. The quantitative estimate of drug-likeness (QED) is 0.807. The van der Waals surface area contributed by atoms with Crippen molar-refractivity contribution in [3.8, 4) is 0 Å². The molecule has 3 rings (SSSR count). The van der Waals surface area contributed by atoms with E-state index >= 15 is 0 Å². The molecule has 2 saturated carbocycles. The number of hydrogen-bond donors (Lipinski definition) is 1. The van der Waals surface area contributed by atoms with Crippen molar-refractivity contribution in [2.75, 3.05) is 13.1 Å². The van der Waals surface area contributed by atoms with Gasteiger partial charge in [-0.25, -0.2) is 0 Å². The maximum absolute atomic E-state index is 6.68. The van der Waals surface area contributed by atoms with E-state index in [-0.39, 0.29) is 5.60 Å². The van der Waals surface area contributed by atoms with Crippen LogP contribution in [-0.4, -0.2) is 24.8 Å². The summed E-state index contributed by atoms with van der Waals surface area (Å²) in [6, 6.07) is 0. The summed E-state index contributed by atoms with van der Waals surface area (Å²) in [5, 5.41) is 3.70. The Morgan fingerprint density at radius 2 is 1.71 bits per heavy atom. The molecule has 3 aliphatic rings. The largest absolute Gasteiger partial charge is 0.369 e.